The van der Waals surface area contributed by atoms with E-state index >= 15 is 0 Å². The molecule has 2 aromatic carbocycles. The molecule has 0 bridgehead atoms. The van der Waals surface area contributed by atoms with E-state index in [0.717, 1.165) is 29.2 Å². The fourth-order valence-corrected chi connectivity index (χ4v) is 6.01. The minimum Gasteiger partial charge on any atom is -0.481 e. The summed E-state index contributed by atoms with van der Waals surface area (Å²) in [5.74, 6) is -4.92. The highest BCUT2D eigenvalue weighted by atomic mass is 16.4. The van der Waals surface area contributed by atoms with Crippen molar-refractivity contribution < 1.29 is 48.9 Å². The van der Waals surface area contributed by atoms with E-state index in [-0.39, 0.29) is 62.4 Å². The van der Waals surface area contributed by atoms with Crippen molar-refractivity contribution >= 4 is 52.4 Å². The fraction of sp³-hybridized carbons (Fsp3) is 0.514. The Balaban J connectivity index is 1.55. The van der Waals surface area contributed by atoms with Gasteiger partial charge < -0.3 is 47.6 Å². The summed E-state index contributed by atoms with van der Waals surface area (Å²) in [5.41, 5.74) is 6.22. The molecule has 0 unspecified atom stereocenters. The van der Waals surface area contributed by atoms with Crippen LogP contribution < -0.4 is 32.3 Å². The van der Waals surface area contributed by atoms with Crippen LogP contribution in [0.5, 0.6) is 0 Å². The van der Waals surface area contributed by atoms with Gasteiger partial charge in [0.1, 0.15) is 18.1 Å². The van der Waals surface area contributed by atoms with Crippen LogP contribution in [0.25, 0.3) is 10.8 Å². The first-order valence-corrected chi connectivity index (χ1v) is 17.1. The molecule has 0 spiro atoms. The number of carbonyl (C=O) groups excluding carboxylic acids is 4. The second kappa shape index (κ2) is 20.4. The summed E-state index contributed by atoms with van der Waals surface area (Å²) in [5, 5.41) is 42.5. The van der Waals surface area contributed by atoms with E-state index in [2.05, 4.69) is 26.6 Å². The standard InChI is InChI=1S/C35H48N6O10/c36-19-29(42)38-20-21-8-12-24(13-9-21)31(45)39-28(18-22-10-11-23-5-1-2-6-25(23)17-22)32(46)37-16-4-3-7-26(33(47)48)40-35(51)41-27(34(49)50)14-15-30(43)44/h1-2,5-6,10-11,17,21,24,26-28H,3-4,7-9,12-16,18-20,36H2,(H,37,46)(H,38,42)(H,39,45)(H,43,44)(H,47,48)(H,49,50)(H2,40,41,51)/t21?,24?,26-,27-,28-/m0/s1. The van der Waals surface area contributed by atoms with Crippen molar-refractivity contribution in [3.05, 3.63) is 48.0 Å². The lowest BCUT2D eigenvalue weighted by Gasteiger charge is -2.29. The van der Waals surface area contributed by atoms with Gasteiger partial charge in [-0.05, 0) is 73.6 Å². The molecule has 3 atom stereocenters. The van der Waals surface area contributed by atoms with Crippen molar-refractivity contribution in [2.24, 2.45) is 17.6 Å². The van der Waals surface area contributed by atoms with Gasteiger partial charge >= 0.3 is 23.9 Å². The summed E-state index contributed by atoms with van der Waals surface area (Å²) >= 11 is 0. The SMILES string of the molecule is NCC(=O)NCC1CCC(C(=O)N[C@@H](Cc2ccc3ccccc3c2)C(=O)NCCCC[C@H](NC(=O)N[C@@H](CCC(=O)O)C(=O)O)C(=O)O)CC1. The van der Waals surface area contributed by atoms with Gasteiger partial charge in [0.05, 0.1) is 6.54 Å². The van der Waals surface area contributed by atoms with Gasteiger partial charge in [-0.1, -0.05) is 42.5 Å². The van der Waals surface area contributed by atoms with Crippen molar-refractivity contribution in [3.63, 3.8) is 0 Å². The lowest BCUT2D eigenvalue weighted by Crippen LogP contribution is -2.51. The molecule has 16 nitrogen and oxygen atoms in total. The molecule has 1 saturated carbocycles. The summed E-state index contributed by atoms with van der Waals surface area (Å²) in [7, 11) is 0. The van der Waals surface area contributed by atoms with Gasteiger partial charge in [-0.15, -0.1) is 0 Å². The zero-order valence-electron chi connectivity index (χ0n) is 28.4. The molecule has 0 radical (unpaired) electrons. The van der Waals surface area contributed by atoms with Crippen LogP contribution in [0.2, 0.25) is 0 Å². The maximum absolute atomic E-state index is 13.4. The van der Waals surface area contributed by atoms with Gasteiger partial charge in [-0.25, -0.2) is 14.4 Å². The predicted molar refractivity (Wildman–Crippen MR) is 185 cm³/mol. The molecule has 10 N–H and O–H groups in total. The van der Waals surface area contributed by atoms with Crippen LogP contribution in [0, 0.1) is 11.8 Å². The van der Waals surface area contributed by atoms with Gasteiger partial charge in [0.15, 0.2) is 0 Å². The number of nitrogens with two attached hydrogens (primary N) is 1. The Hall–Kier alpha value is -5.25. The Bertz CT molecular complexity index is 1540. The van der Waals surface area contributed by atoms with Gasteiger partial charge in [0.25, 0.3) is 0 Å². The average Bonchev–Trinajstić information content (AvgIpc) is 3.11. The first-order valence-electron chi connectivity index (χ1n) is 17.1. The highest BCUT2D eigenvalue weighted by Gasteiger charge is 2.30. The molecule has 0 heterocycles. The molecule has 1 fully saturated rings. The zero-order valence-corrected chi connectivity index (χ0v) is 28.4. The number of fused-ring (bicyclic) bond motifs is 1. The number of nitrogens with one attached hydrogen (secondary N) is 5. The van der Waals surface area contributed by atoms with Crippen molar-refractivity contribution in [1.82, 2.24) is 26.6 Å². The Morgan fingerprint density at radius 2 is 1.39 bits per heavy atom. The summed E-state index contributed by atoms with van der Waals surface area (Å²) in [4.78, 5) is 84.5. The first-order chi connectivity index (χ1) is 24.4. The summed E-state index contributed by atoms with van der Waals surface area (Å²) in [6.07, 6.45) is 2.70. The quantitative estimate of drug-likeness (QED) is 0.0878. The zero-order chi connectivity index (χ0) is 37.3. The smallest absolute Gasteiger partial charge is 0.326 e. The van der Waals surface area contributed by atoms with Crippen LogP contribution >= 0.6 is 0 Å². The van der Waals surface area contributed by atoms with Gasteiger partial charge in [0.2, 0.25) is 17.7 Å². The van der Waals surface area contributed by atoms with E-state index in [1.165, 1.54) is 0 Å². The molecule has 278 valence electrons. The molecule has 1 aliphatic carbocycles. The van der Waals surface area contributed by atoms with Crippen molar-refractivity contribution in [1.29, 1.82) is 0 Å². The molecular formula is C35H48N6O10. The summed E-state index contributed by atoms with van der Waals surface area (Å²) < 4.78 is 0. The molecular weight excluding hydrogens is 664 g/mol. The predicted octanol–water partition coefficient (Wildman–Crippen LogP) is 1.11. The molecule has 0 aromatic heterocycles. The number of benzene rings is 2. The van der Waals surface area contributed by atoms with Crippen LogP contribution in [0.1, 0.15) is 63.4 Å². The van der Waals surface area contributed by atoms with E-state index in [1.54, 1.807) is 0 Å². The first kappa shape index (κ1) is 40.2. The van der Waals surface area contributed by atoms with Crippen LogP contribution in [0.4, 0.5) is 4.79 Å². The maximum Gasteiger partial charge on any atom is 0.326 e. The number of hydrogen-bond acceptors (Lipinski definition) is 8. The Kier molecular flexibility index (Phi) is 16.1. The lowest BCUT2D eigenvalue weighted by molar-refractivity contribution is -0.141. The second-order valence-corrected chi connectivity index (χ2v) is 12.8. The second-order valence-electron chi connectivity index (χ2n) is 12.8. The minimum absolute atomic E-state index is 0.0265. The third-order valence-electron chi connectivity index (χ3n) is 8.95. The number of carboxylic acid groups (broad SMARTS) is 3. The van der Waals surface area contributed by atoms with E-state index in [4.69, 9.17) is 10.8 Å². The number of urea groups is 1. The third-order valence-corrected chi connectivity index (χ3v) is 8.95. The molecule has 51 heavy (non-hydrogen) atoms. The van der Waals surface area contributed by atoms with Crippen LogP contribution in [-0.2, 0) is 35.2 Å². The van der Waals surface area contributed by atoms with Crippen molar-refractivity contribution in [2.75, 3.05) is 19.6 Å². The van der Waals surface area contributed by atoms with Crippen molar-refractivity contribution in [2.45, 2.75) is 82.3 Å². The Labute approximate surface area is 295 Å². The third kappa shape index (κ3) is 13.9. The number of amides is 5. The molecule has 5 amide bonds. The molecule has 3 rings (SSSR count). The van der Waals surface area contributed by atoms with Gasteiger partial charge in [0, 0.05) is 31.8 Å². The number of aliphatic carboxylic acids is 3. The minimum atomic E-state index is -1.51. The topological polar surface area (TPSA) is 266 Å². The number of carboxylic acids is 3. The summed E-state index contributed by atoms with van der Waals surface area (Å²) in [6.45, 7) is 0.595. The van der Waals surface area contributed by atoms with Gasteiger partial charge in [-0.2, -0.15) is 0 Å². The number of rotatable bonds is 20. The van der Waals surface area contributed by atoms with Crippen LogP contribution in [0.15, 0.2) is 42.5 Å². The van der Waals surface area contributed by atoms with Crippen LogP contribution in [-0.4, -0.2) is 94.7 Å². The van der Waals surface area contributed by atoms with Crippen molar-refractivity contribution in [3.8, 4) is 0 Å². The largest absolute Gasteiger partial charge is 0.481 e. The fourth-order valence-electron chi connectivity index (χ4n) is 6.01. The van der Waals surface area contributed by atoms with Gasteiger partial charge in [-0.3, -0.25) is 19.2 Å². The van der Waals surface area contributed by atoms with E-state index < -0.39 is 54.4 Å². The number of hydrogen-bond donors (Lipinski definition) is 9. The lowest BCUT2D eigenvalue weighted by atomic mass is 9.81. The molecule has 0 aliphatic heterocycles. The van der Waals surface area contributed by atoms with E-state index in [9.17, 15) is 43.8 Å². The van der Waals surface area contributed by atoms with E-state index in [0.29, 0.717) is 25.8 Å². The van der Waals surface area contributed by atoms with E-state index in [1.807, 2.05) is 42.5 Å². The molecule has 0 saturated heterocycles. The average molecular weight is 713 g/mol. The normalized spacial score (nSPS) is 17.3. The number of unbranched alkanes of at least 4 members (excludes halogenated alkanes) is 1. The highest BCUT2D eigenvalue weighted by Crippen LogP contribution is 2.29. The highest BCUT2D eigenvalue weighted by molar-refractivity contribution is 5.89. The molecule has 16 heteroatoms. The van der Waals surface area contributed by atoms with Crippen LogP contribution in [0.3, 0.4) is 0 Å². The number of carbonyl (C=O) groups is 7. The monoisotopic (exact) mass is 712 g/mol. The maximum atomic E-state index is 13.4. The summed E-state index contributed by atoms with van der Waals surface area (Å²) in [6, 6.07) is 8.83. The molecule has 1 aliphatic rings. The Morgan fingerprint density at radius 1 is 0.745 bits per heavy atom. The molecule has 2 aromatic rings. The Morgan fingerprint density at radius 3 is 2.02 bits per heavy atom.